The van der Waals surface area contributed by atoms with E-state index >= 15 is 0 Å². The molecule has 32 heavy (non-hydrogen) atoms. The lowest BCUT2D eigenvalue weighted by molar-refractivity contribution is 0.0963. The second-order valence-corrected chi connectivity index (χ2v) is 7.18. The van der Waals surface area contributed by atoms with Gasteiger partial charge >= 0.3 is 0 Å². The normalized spacial score (nSPS) is 10.9. The molecule has 0 fully saturated rings. The fourth-order valence-corrected chi connectivity index (χ4v) is 3.19. The smallest absolute Gasteiger partial charge is 0.251 e. The first-order valence-electron chi connectivity index (χ1n) is 10.6. The fraction of sp³-hybridized carbons (Fsp3) is 0.292. The third-order valence-corrected chi connectivity index (χ3v) is 4.76. The molecule has 0 atom stereocenters. The highest BCUT2D eigenvalue weighted by Gasteiger charge is 2.05. The lowest BCUT2D eigenvalue weighted by Gasteiger charge is -2.11. The molecule has 3 rings (SSSR count). The maximum absolute atomic E-state index is 11.8. The number of rotatable bonds is 9. The summed E-state index contributed by atoms with van der Waals surface area (Å²) in [5.41, 5.74) is 4.06. The number of amides is 1. The van der Waals surface area contributed by atoms with Crippen molar-refractivity contribution in [2.75, 3.05) is 20.1 Å². The van der Waals surface area contributed by atoms with Crippen molar-refractivity contribution in [3.8, 4) is 0 Å². The highest BCUT2D eigenvalue weighted by atomic mass is 127. The molecule has 0 radical (unpaired) electrons. The first kappa shape index (κ1) is 25.4. The quantitative estimate of drug-likeness (QED) is 0.219. The molecule has 8 heteroatoms. The van der Waals surface area contributed by atoms with Gasteiger partial charge < -0.3 is 16.0 Å². The second-order valence-electron chi connectivity index (χ2n) is 7.18. The van der Waals surface area contributed by atoms with E-state index in [0.29, 0.717) is 12.1 Å². The van der Waals surface area contributed by atoms with Crippen LogP contribution in [0.1, 0.15) is 34.0 Å². The van der Waals surface area contributed by atoms with E-state index in [1.54, 1.807) is 7.05 Å². The Balaban J connectivity index is 0.00000363. The van der Waals surface area contributed by atoms with Crippen molar-refractivity contribution in [1.29, 1.82) is 0 Å². The van der Waals surface area contributed by atoms with E-state index in [9.17, 15) is 4.79 Å². The lowest BCUT2D eigenvalue weighted by atomic mass is 10.1. The predicted molar refractivity (Wildman–Crippen MR) is 140 cm³/mol. The Hall–Kier alpha value is -2.88. The van der Waals surface area contributed by atoms with Gasteiger partial charge in [0, 0.05) is 37.5 Å². The zero-order valence-electron chi connectivity index (χ0n) is 18.5. The van der Waals surface area contributed by atoms with Crippen LogP contribution >= 0.6 is 24.0 Å². The monoisotopic (exact) mass is 546 g/mol. The van der Waals surface area contributed by atoms with E-state index in [4.69, 9.17) is 0 Å². The average molecular weight is 546 g/mol. The summed E-state index contributed by atoms with van der Waals surface area (Å²) in [6.07, 6.45) is 4.69. The van der Waals surface area contributed by atoms with Crippen LogP contribution in [0.2, 0.25) is 0 Å². The summed E-state index contributed by atoms with van der Waals surface area (Å²) >= 11 is 0. The van der Waals surface area contributed by atoms with E-state index in [-0.39, 0.29) is 29.9 Å². The number of carbonyl (C=O) groups excluding carboxylic acids is 1. The minimum Gasteiger partial charge on any atom is -0.357 e. The molecule has 0 bridgehead atoms. The van der Waals surface area contributed by atoms with Crippen LogP contribution in [0.4, 0.5) is 0 Å². The van der Waals surface area contributed by atoms with Crippen molar-refractivity contribution >= 4 is 35.8 Å². The van der Waals surface area contributed by atoms with E-state index in [2.05, 4.69) is 38.2 Å². The van der Waals surface area contributed by atoms with Crippen LogP contribution in [0.15, 0.2) is 72.0 Å². The van der Waals surface area contributed by atoms with Crippen molar-refractivity contribution in [3.63, 3.8) is 0 Å². The number of aliphatic imine (C=N–C) groups is 1. The first-order valence-corrected chi connectivity index (χ1v) is 10.6. The molecule has 0 aliphatic heterocycles. The molecule has 0 saturated heterocycles. The third-order valence-electron chi connectivity index (χ3n) is 4.76. The molecule has 0 saturated carbocycles. The van der Waals surface area contributed by atoms with E-state index < -0.39 is 0 Å². The van der Waals surface area contributed by atoms with Gasteiger partial charge in [0.25, 0.3) is 5.91 Å². The van der Waals surface area contributed by atoms with Gasteiger partial charge in [0.15, 0.2) is 5.96 Å². The standard InChI is InChI=1S/C24H30N6O.HI/c1-3-26-24(27-13-12-19-10-7-11-22(14-19)23(31)25-2)28-15-21-16-29-30(18-21)17-20-8-5-4-6-9-20;/h4-11,14,16,18H,3,12-13,15,17H2,1-2H3,(H,25,31)(H2,26,27,28);1H. The Morgan fingerprint density at radius 1 is 1.03 bits per heavy atom. The highest BCUT2D eigenvalue weighted by Crippen LogP contribution is 2.07. The third kappa shape index (κ3) is 7.99. The van der Waals surface area contributed by atoms with Gasteiger partial charge in [0.2, 0.25) is 0 Å². The Bertz CT molecular complexity index is 1000. The molecule has 1 heterocycles. The summed E-state index contributed by atoms with van der Waals surface area (Å²) in [6.45, 7) is 4.84. The van der Waals surface area contributed by atoms with Crippen molar-refractivity contribution in [1.82, 2.24) is 25.7 Å². The summed E-state index contributed by atoms with van der Waals surface area (Å²) in [7, 11) is 1.64. The van der Waals surface area contributed by atoms with Gasteiger partial charge in [-0.3, -0.25) is 9.48 Å². The number of carbonyl (C=O) groups is 1. The average Bonchev–Trinajstić information content (AvgIpc) is 3.25. The Morgan fingerprint density at radius 3 is 2.56 bits per heavy atom. The number of halogens is 1. The van der Waals surface area contributed by atoms with Crippen molar-refractivity contribution < 1.29 is 4.79 Å². The van der Waals surface area contributed by atoms with Crippen molar-refractivity contribution in [3.05, 3.63) is 89.2 Å². The number of nitrogens with zero attached hydrogens (tertiary/aromatic N) is 3. The van der Waals surface area contributed by atoms with Crippen LogP contribution in [-0.4, -0.2) is 41.8 Å². The maximum atomic E-state index is 11.8. The van der Waals surface area contributed by atoms with E-state index in [1.165, 1.54) is 5.56 Å². The number of hydrogen-bond donors (Lipinski definition) is 3. The summed E-state index contributed by atoms with van der Waals surface area (Å²) < 4.78 is 1.93. The molecule has 1 amide bonds. The maximum Gasteiger partial charge on any atom is 0.251 e. The number of aromatic nitrogens is 2. The van der Waals surface area contributed by atoms with Crippen molar-refractivity contribution in [2.45, 2.75) is 26.4 Å². The van der Waals surface area contributed by atoms with Crippen LogP contribution in [0.25, 0.3) is 0 Å². The fourth-order valence-electron chi connectivity index (χ4n) is 3.19. The van der Waals surface area contributed by atoms with Crippen LogP contribution < -0.4 is 16.0 Å². The van der Waals surface area contributed by atoms with Gasteiger partial charge in [-0.15, -0.1) is 24.0 Å². The molecular weight excluding hydrogens is 515 g/mol. The lowest BCUT2D eigenvalue weighted by Crippen LogP contribution is -2.38. The molecule has 0 aliphatic rings. The van der Waals surface area contributed by atoms with Gasteiger partial charge in [0.05, 0.1) is 19.3 Å². The zero-order chi connectivity index (χ0) is 21.9. The molecule has 0 unspecified atom stereocenters. The molecule has 7 nitrogen and oxygen atoms in total. The van der Waals surface area contributed by atoms with Crippen LogP contribution in [0.5, 0.6) is 0 Å². The summed E-state index contributed by atoms with van der Waals surface area (Å²) in [5, 5.41) is 13.7. The molecule has 0 aliphatic carbocycles. The van der Waals surface area contributed by atoms with Gasteiger partial charge in [-0.25, -0.2) is 4.99 Å². The van der Waals surface area contributed by atoms with E-state index in [0.717, 1.165) is 43.1 Å². The number of nitrogens with one attached hydrogen (secondary N) is 3. The van der Waals surface area contributed by atoms with E-state index in [1.807, 2.05) is 66.5 Å². The van der Waals surface area contributed by atoms with Gasteiger partial charge in [-0.05, 0) is 36.6 Å². The Kier molecular flexibility index (Phi) is 10.7. The summed E-state index contributed by atoms with van der Waals surface area (Å²) in [4.78, 5) is 16.5. The predicted octanol–water partition coefficient (Wildman–Crippen LogP) is 3.21. The number of hydrogen-bond acceptors (Lipinski definition) is 3. The first-order chi connectivity index (χ1) is 15.2. The van der Waals surface area contributed by atoms with Gasteiger partial charge in [0.1, 0.15) is 0 Å². The summed E-state index contributed by atoms with van der Waals surface area (Å²) in [6, 6.07) is 18.0. The largest absolute Gasteiger partial charge is 0.357 e. The van der Waals surface area contributed by atoms with Gasteiger partial charge in [-0.2, -0.15) is 5.10 Å². The topological polar surface area (TPSA) is 83.3 Å². The SMILES string of the molecule is CCNC(=NCc1cnn(Cc2ccccc2)c1)NCCc1cccc(C(=O)NC)c1.I. The Morgan fingerprint density at radius 2 is 1.81 bits per heavy atom. The minimum atomic E-state index is -0.0717. The molecule has 1 aromatic heterocycles. The molecule has 3 N–H and O–H groups in total. The zero-order valence-corrected chi connectivity index (χ0v) is 20.9. The van der Waals surface area contributed by atoms with Crippen LogP contribution in [0.3, 0.4) is 0 Å². The molecule has 0 spiro atoms. The van der Waals surface area contributed by atoms with Crippen LogP contribution in [0, 0.1) is 0 Å². The second kappa shape index (κ2) is 13.5. The molecule has 2 aromatic carbocycles. The molecule has 3 aromatic rings. The highest BCUT2D eigenvalue weighted by molar-refractivity contribution is 14.0. The van der Waals surface area contributed by atoms with Crippen molar-refractivity contribution in [2.24, 2.45) is 4.99 Å². The Labute approximate surface area is 206 Å². The number of benzene rings is 2. The number of guanidine groups is 1. The minimum absolute atomic E-state index is 0. The molecular formula is C24H31IN6O. The summed E-state index contributed by atoms with van der Waals surface area (Å²) in [5.74, 6) is 0.693. The molecule has 170 valence electrons. The van der Waals surface area contributed by atoms with Crippen LogP contribution in [-0.2, 0) is 19.5 Å². The van der Waals surface area contributed by atoms with Gasteiger partial charge in [-0.1, -0.05) is 42.5 Å².